The zero-order chi connectivity index (χ0) is 26.2. The Morgan fingerprint density at radius 3 is 2.22 bits per heavy atom. The Bertz CT molecular complexity index is 1130. The molecule has 36 heavy (non-hydrogen) atoms. The van der Waals surface area contributed by atoms with Gasteiger partial charge in [0.05, 0.1) is 24.3 Å². The average molecular weight is 493 g/mol. The third-order valence-corrected chi connectivity index (χ3v) is 6.23. The molecule has 2 aromatic rings. The fourth-order valence-electron chi connectivity index (χ4n) is 4.19. The van der Waals surface area contributed by atoms with E-state index in [-0.39, 0.29) is 11.3 Å². The number of ketones is 1. The molecule has 0 spiro atoms. The summed E-state index contributed by atoms with van der Waals surface area (Å²) >= 11 is 0. The predicted octanol–water partition coefficient (Wildman–Crippen LogP) is 3.80. The van der Waals surface area contributed by atoms with Crippen LogP contribution in [0.1, 0.15) is 41.4 Å². The fourth-order valence-corrected chi connectivity index (χ4v) is 4.19. The largest absolute Gasteiger partial charge is 0.507 e. The Balaban J connectivity index is 2.05. The number of ether oxygens (including phenoxy) is 2. The molecule has 8 heteroatoms. The Hall–Kier alpha value is -3.91. The number of carbonyl (C=O) groups excluding carboxylic acids is 3. The first-order valence-electron chi connectivity index (χ1n) is 11.9. The summed E-state index contributed by atoms with van der Waals surface area (Å²) in [5.74, 6) is -1.59. The number of benzene rings is 2. The highest BCUT2D eigenvalue weighted by Gasteiger charge is 2.46. The van der Waals surface area contributed by atoms with Crippen LogP contribution in [0, 0.1) is 0 Å². The molecule has 1 heterocycles. The number of amides is 1. The SMILES string of the molecule is C=CCOc1ccc(C(O)=C2C(=O)C(=O)N(CCN(CC)CC)[C@H]2c2ccc(C(=O)OC)cc2)cc1. The molecule has 1 saturated heterocycles. The second-order valence-corrected chi connectivity index (χ2v) is 8.26. The number of methoxy groups -OCH3 is 1. The molecule has 0 bridgehead atoms. The molecule has 0 radical (unpaired) electrons. The van der Waals surface area contributed by atoms with E-state index in [1.54, 1.807) is 54.6 Å². The summed E-state index contributed by atoms with van der Waals surface area (Å²) in [5, 5.41) is 11.2. The van der Waals surface area contributed by atoms with Crippen molar-refractivity contribution < 1.29 is 29.0 Å². The van der Waals surface area contributed by atoms with Crippen molar-refractivity contribution in [2.75, 3.05) is 39.9 Å². The smallest absolute Gasteiger partial charge is 0.337 e. The summed E-state index contributed by atoms with van der Waals surface area (Å²) in [4.78, 5) is 41.9. The molecule has 1 atom stereocenters. The van der Waals surface area contributed by atoms with Crippen molar-refractivity contribution in [3.05, 3.63) is 83.4 Å². The van der Waals surface area contributed by atoms with Gasteiger partial charge in [0, 0.05) is 18.7 Å². The van der Waals surface area contributed by atoms with Crippen LogP contribution in [-0.2, 0) is 14.3 Å². The number of aliphatic hydroxyl groups excluding tert-OH is 1. The van der Waals surface area contributed by atoms with Gasteiger partial charge in [0.2, 0.25) is 0 Å². The van der Waals surface area contributed by atoms with Crippen molar-refractivity contribution in [3.63, 3.8) is 0 Å². The normalized spacial score (nSPS) is 16.9. The number of nitrogens with zero attached hydrogens (tertiary/aromatic N) is 2. The maximum Gasteiger partial charge on any atom is 0.337 e. The van der Waals surface area contributed by atoms with Crippen molar-refractivity contribution >= 4 is 23.4 Å². The number of likely N-dealkylation sites (N-methyl/N-ethyl adjacent to an activating group) is 1. The standard InChI is InChI=1S/C28H32N2O6/c1-5-18-36-22-14-12-20(13-15-22)25(31)23-24(19-8-10-21(11-9-19)28(34)35-4)30(27(33)26(23)32)17-16-29(6-2)7-3/h5,8-15,24,31H,1,6-7,16-18H2,2-4H3/t24-/m0/s1. The highest BCUT2D eigenvalue weighted by Crippen LogP contribution is 2.39. The Morgan fingerprint density at radius 1 is 1.06 bits per heavy atom. The first kappa shape index (κ1) is 26.7. The third kappa shape index (κ3) is 5.66. The van der Waals surface area contributed by atoms with Gasteiger partial charge in [-0.25, -0.2) is 4.79 Å². The van der Waals surface area contributed by atoms with Crippen molar-refractivity contribution in [3.8, 4) is 5.75 Å². The van der Waals surface area contributed by atoms with Gasteiger partial charge in [0.25, 0.3) is 11.7 Å². The van der Waals surface area contributed by atoms with Crippen LogP contribution in [0.15, 0.2) is 66.8 Å². The Morgan fingerprint density at radius 2 is 1.67 bits per heavy atom. The highest BCUT2D eigenvalue weighted by atomic mass is 16.5. The number of aliphatic hydroxyl groups is 1. The molecule has 1 amide bonds. The van der Waals surface area contributed by atoms with Gasteiger partial charge in [-0.2, -0.15) is 0 Å². The van der Waals surface area contributed by atoms with E-state index < -0.39 is 23.7 Å². The maximum absolute atomic E-state index is 13.2. The third-order valence-electron chi connectivity index (χ3n) is 6.23. The Kier molecular flexibility index (Phi) is 9.02. The van der Waals surface area contributed by atoms with E-state index in [1.165, 1.54) is 12.0 Å². The molecule has 8 nitrogen and oxygen atoms in total. The molecule has 1 N–H and O–H groups in total. The number of hydrogen-bond acceptors (Lipinski definition) is 7. The minimum Gasteiger partial charge on any atom is -0.507 e. The van der Waals surface area contributed by atoms with Gasteiger partial charge in [-0.05, 0) is 55.1 Å². The number of rotatable bonds is 11. The molecule has 0 aliphatic carbocycles. The van der Waals surface area contributed by atoms with Crippen molar-refractivity contribution in [2.45, 2.75) is 19.9 Å². The lowest BCUT2D eigenvalue weighted by Crippen LogP contribution is -2.38. The van der Waals surface area contributed by atoms with Gasteiger partial charge in [-0.1, -0.05) is 38.6 Å². The number of Topliss-reactive ketones (excluding diaryl/α,β-unsaturated/α-hetero) is 1. The lowest BCUT2D eigenvalue weighted by Gasteiger charge is -2.28. The molecule has 1 fully saturated rings. The molecule has 1 aliphatic rings. The van der Waals surface area contributed by atoms with Crippen molar-refractivity contribution in [1.29, 1.82) is 0 Å². The van der Waals surface area contributed by atoms with Crippen molar-refractivity contribution in [1.82, 2.24) is 9.80 Å². The van der Waals surface area contributed by atoms with E-state index in [1.807, 2.05) is 13.8 Å². The van der Waals surface area contributed by atoms with Gasteiger partial charge < -0.3 is 24.4 Å². The molecule has 0 unspecified atom stereocenters. The summed E-state index contributed by atoms with van der Waals surface area (Å²) in [6.07, 6.45) is 1.62. The summed E-state index contributed by atoms with van der Waals surface area (Å²) in [6, 6.07) is 12.3. The quantitative estimate of drug-likeness (QED) is 0.168. The van der Waals surface area contributed by atoms with E-state index in [4.69, 9.17) is 9.47 Å². The highest BCUT2D eigenvalue weighted by molar-refractivity contribution is 6.46. The van der Waals surface area contributed by atoms with Gasteiger partial charge in [0.1, 0.15) is 18.1 Å². The zero-order valence-corrected chi connectivity index (χ0v) is 20.9. The van der Waals surface area contributed by atoms with E-state index in [0.29, 0.717) is 42.1 Å². The molecule has 1 aliphatic heterocycles. The molecular formula is C28H32N2O6. The monoisotopic (exact) mass is 492 g/mol. The van der Waals surface area contributed by atoms with Gasteiger partial charge in [-0.3, -0.25) is 9.59 Å². The van der Waals surface area contributed by atoms with Crippen LogP contribution in [0.25, 0.3) is 5.76 Å². The lowest BCUT2D eigenvalue weighted by atomic mass is 9.94. The molecule has 190 valence electrons. The topological polar surface area (TPSA) is 96.4 Å². The fraction of sp³-hybridized carbons (Fsp3) is 0.321. The van der Waals surface area contributed by atoms with E-state index in [0.717, 1.165) is 13.1 Å². The predicted molar refractivity (Wildman–Crippen MR) is 137 cm³/mol. The van der Waals surface area contributed by atoms with Gasteiger partial charge in [0.15, 0.2) is 0 Å². The molecule has 0 aromatic heterocycles. The van der Waals surface area contributed by atoms with Gasteiger partial charge in [-0.15, -0.1) is 0 Å². The summed E-state index contributed by atoms with van der Waals surface area (Å²) < 4.78 is 10.3. The second-order valence-electron chi connectivity index (χ2n) is 8.26. The minimum absolute atomic E-state index is 0.00475. The van der Waals surface area contributed by atoms with Gasteiger partial charge >= 0.3 is 5.97 Å². The second kappa shape index (κ2) is 12.2. The Labute approximate surface area is 211 Å². The summed E-state index contributed by atoms with van der Waals surface area (Å²) in [6.45, 7) is 10.5. The van der Waals surface area contributed by atoms with E-state index >= 15 is 0 Å². The summed E-state index contributed by atoms with van der Waals surface area (Å²) in [7, 11) is 1.30. The first-order valence-corrected chi connectivity index (χ1v) is 11.9. The average Bonchev–Trinajstić information content (AvgIpc) is 3.17. The number of carbonyl (C=O) groups is 3. The zero-order valence-electron chi connectivity index (χ0n) is 20.9. The van der Waals surface area contributed by atoms with E-state index in [2.05, 4.69) is 11.5 Å². The van der Waals surface area contributed by atoms with E-state index in [9.17, 15) is 19.5 Å². The first-order chi connectivity index (χ1) is 17.4. The maximum atomic E-state index is 13.2. The molecular weight excluding hydrogens is 460 g/mol. The van der Waals surface area contributed by atoms with Crippen molar-refractivity contribution in [2.24, 2.45) is 0 Å². The van der Waals surface area contributed by atoms with Crippen LogP contribution < -0.4 is 4.74 Å². The van der Waals surface area contributed by atoms with Crippen LogP contribution in [-0.4, -0.2) is 72.5 Å². The molecule has 3 rings (SSSR count). The van der Waals surface area contributed by atoms with Crippen LogP contribution in [0.5, 0.6) is 5.75 Å². The summed E-state index contributed by atoms with van der Waals surface area (Å²) in [5.41, 5.74) is 1.34. The number of hydrogen-bond donors (Lipinski definition) is 1. The van der Waals surface area contributed by atoms with Crippen LogP contribution in [0.3, 0.4) is 0 Å². The van der Waals surface area contributed by atoms with Crippen LogP contribution in [0.4, 0.5) is 0 Å². The number of likely N-dealkylation sites (tertiary alicyclic amines) is 1. The minimum atomic E-state index is -0.802. The van der Waals surface area contributed by atoms with Crippen LogP contribution in [0.2, 0.25) is 0 Å². The molecule has 0 saturated carbocycles. The van der Waals surface area contributed by atoms with Crippen LogP contribution >= 0.6 is 0 Å². The molecule has 2 aromatic carbocycles. The number of esters is 1. The lowest BCUT2D eigenvalue weighted by molar-refractivity contribution is -0.140.